The van der Waals surface area contributed by atoms with E-state index in [4.69, 9.17) is 0 Å². The third-order valence-corrected chi connectivity index (χ3v) is 2.58. The van der Waals surface area contributed by atoms with E-state index in [1.165, 1.54) is 18.4 Å². The number of thiophene rings is 1. The second-order valence-corrected chi connectivity index (χ2v) is 3.53. The van der Waals surface area contributed by atoms with Gasteiger partial charge >= 0.3 is 5.91 Å². The van der Waals surface area contributed by atoms with Gasteiger partial charge in [0.1, 0.15) is 0 Å². The van der Waals surface area contributed by atoms with E-state index in [0.717, 1.165) is 9.89 Å². The SMILES string of the molecule is CN1N=C(c2cccs2)C(=O)C1=O. The molecule has 0 radical (unpaired) electrons. The average Bonchev–Trinajstić information content (AvgIpc) is 2.70. The summed E-state index contributed by atoms with van der Waals surface area (Å²) in [4.78, 5) is 23.1. The monoisotopic (exact) mass is 194 g/mol. The lowest BCUT2D eigenvalue weighted by molar-refractivity contribution is -0.138. The van der Waals surface area contributed by atoms with Crippen LogP contribution in [0.25, 0.3) is 0 Å². The summed E-state index contributed by atoms with van der Waals surface area (Å²) in [6.45, 7) is 0. The Morgan fingerprint density at radius 3 is 2.69 bits per heavy atom. The van der Waals surface area contributed by atoms with E-state index < -0.39 is 11.7 Å². The topological polar surface area (TPSA) is 49.7 Å². The summed E-state index contributed by atoms with van der Waals surface area (Å²) in [5, 5.41) is 6.76. The highest BCUT2D eigenvalue weighted by atomic mass is 32.1. The van der Waals surface area contributed by atoms with E-state index >= 15 is 0 Å². The number of Topliss-reactive ketones (excluding diaryl/α,β-unsaturated/α-hetero) is 1. The fourth-order valence-corrected chi connectivity index (χ4v) is 1.77. The number of carbonyl (C=O) groups excluding carboxylic acids is 2. The minimum Gasteiger partial charge on any atom is -0.281 e. The molecule has 0 aliphatic carbocycles. The molecule has 13 heavy (non-hydrogen) atoms. The summed E-state index contributed by atoms with van der Waals surface area (Å²) in [5.74, 6) is -1.09. The highest BCUT2D eigenvalue weighted by molar-refractivity contribution is 7.13. The number of hydrazone groups is 1. The van der Waals surface area contributed by atoms with E-state index in [2.05, 4.69) is 5.10 Å². The molecular weight excluding hydrogens is 188 g/mol. The lowest BCUT2D eigenvalue weighted by Gasteiger charge is -1.97. The predicted octanol–water partition coefficient (Wildman–Crippen LogP) is 0.493. The lowest BCUT2D eigenvalue weighted by Crippen LogP contribution is -2.24. The zero-order valence-electron chi connectivity index (χ0n) is 6.85. The number of hydrogen-bond donors (Lipinski definition) is 0. The first-order chi connectivity index (χ1) is 6.20. The smallest absolute Gasteiger partial charge is 0.281 e. The Kier molecular flexibility index (Phi) is 1.73. The second-order valence-electron chi connectivity index (χ2n) is 2.58. The van der Waals surface area contributed by atoms with E-state index in [1.807, 2.05) is 11.4 Å². The van der Waals surface area contributed by atoms with Gasteiger partial charge in [0.05, 0.1) is 4.88 Å². The molecule has 4 nitrogen and oxygen atoms in total. The molecule has 0 saturated carbocycles. The molecule has 2 heterocycles. The van der Waals surface area contributed by atoms with Crippen LogP contribution >= 0.6 is 11.3 Å². The molecule has 0 atom stereocenters. The normalized spacial score (nSPS) is 16.7. The van der Waals surface area contributed by atoms with Crippen molar-refractivity contribution in [2.75, 3.05) is 7.05 Å². The summed E-state index contributed by atoms with van der Waals surface area (Å²) >= 11 is 1.40. The van der Waals surface area contributed by atoms with Crippen molar-refractivity contribution in [3.05, 3.63) is 22.4 Å². The molecule has 0 spiro atoms. The van der Waals surface area contributed by atoms with Crippen LogP contribution in [0.4, 0.5) is 0 Å². The minimum absolute atomic E-state index is 0.252. The van der Waals surface area contributed by atoms with Crippen molar-refractivity contribution in [1.82, 2.24) is 5.01 Å². The molecule has 0 bridgehead atoms. The Labute approximate surface area is 78.5 Å². The van der Waals surface area contributed by atoms with E-state index in [1.54, 1.807) is 6.07 Å². The first-order valence-electron chi connectivity index (χ1n) is 3.65. The van der Waals surface area contributed by atoms with Crippen LogP contribution < -0.4 is 0 Å². The second kappa shape index (κ2) is 2.77. The van der Waals surface area contributed by atoms with Gasteiger partial charge in [0.2, 0.25) is 0 Å². The maximum Gasteiger partial charge on any atom is 0.316 e. The number of ketones is 1. The lowest BCUT2D eigenvalue weighted by atomic mass is 10.2. The highest BCUT2D eigenvalue weighted by Gasteiger charge is 2.32. The van der Waals surface area contributed by atoms with Gasteiger partial charge in [0.25, 0.3) is 5.78 Å². The van der Waals surface area contributed by atoms with Crippen molar-refractivity contribution in [3.63, 3.8) is 0 Å². The highest BCUT2D eigenvalue weighted by Crippen LogP contribution is 2.15. The van der Waals surface area contributed by atoms with E-state index in [0.29, 0.717) is 0 Å². The van der Waals surface area contributed by atoms with Crippen molar-refractivity contribution >= 4 is 28.7 Å². The predicted molar refractivity (Wildman–Crippen MR) is 48.6 cm³/mol. The quantitative estimate of drug-likeness (QED) is 0.611. The third kappa shape index (κ3) is 1.17. The number of carbonyl (C=O) groups is 2. The molecule has 1 aromatic rings. The molecule has 1 aliphatic rings. The standard InChI is InChI=1S/C8H6N2O2S/c1-10-8(12)7(11)6(9-10)5-3-2-4-13-5/h2-4H,1H3. The van der Waals surface area contributed by atoms with Crippen molar-refractivity contribution in [1.29, 1.82) is 0 Å². The van der Waals surface area contributed by atoms with E-state index in [-0.39, 0.29) is 5.71 Å². The summed E-state index contributed by atoms with van der Waals surface area (Å²) in [6, 6.07) is 3.59. The molecule has 5 heteroatoms. The van der Waals surface area contributed by atoms with Gasteiger partial charge in [0, 0.05) is 7.05 Å². The van der Waals surface area contributed by atoms with Crippen LogP contribution in [0.1, 0.15) is 4.88 Å². The first kappa shape index (κ1) is 8.12. The van der Waals surface area contributed by atoms with Crippen molar-refractivity contribution < 1.29 is 9.59 Å². The Morgan fingerprint density at radius 2 is 2.23 bits per heavy atom. The van der Waals surface area contributed by atoms with Crippen LogP contribution in [0.5, 0.6) is 0 Å². The average molecular weight is 194 g/mol. The third-order valence-electron chi connectivity index (χ3n) is 1.71. The molecular formula is C8H6N2O2S. The van der Waals surface area contributed by atoms with Gasteiger partial charge in [-0.2, -0.15) is 5.10 Å². The fraction of sp³-hybridized carbons (Fsp3) is 0.125. The zero-order valence-corrected chi connectivity index (χ0v) is 7.67. The molecule has 1 aromatic heterocycles. The zero-order chi connectivity index (χ0) is 9.42. The van der Waals surface area contributed by atoms with Gasteiger partial charge in [-0.3, -0.25) is 9.59 Å². The van der Waals surface area contributed by atoms with Gasteiger partial charge in [-0.05, 0) is 11.4 Å². The number of hydrogen-bond acceptors (Lipinski definition) is 4. The molecule has 0 saturated heterocycles. The first-order valence-corrected chi connectivity index (χ1v) is 4.53. The molecule has 0 N–H and O–H groups in total. The minimum atomic E-state index is -0.566. The molecule has 0 aromatic carbocycles. The summed E-state index contributed by atoms with van der Waals surface area (Å²) in [7, 11) is 1.47. The number of rotatable bonds is 1. The van der Waals surface area contributed by atoms with Crippen LogP contribution in [0.15, 0.2) is 22.6 Å². The number of nitrogens with zero attached hydrogens (tertiary/aromatic N) is 2. The van der Waals surface area contributed by atoms with Gasteiger partial charge in [0.15, 0.2) is 5.71 Å². The molecule has 66 valence electrons. The van der Waals surface area contributed by atoms with Crippen molar-refractivity contribution in [2.45, 2.75) is 0 Å². The van der Waals surface area contributed by atoms with Crippen LogP contribution in [0.2, 0.25) is 0 Å². The van der Waals surface area contributed by atoms with Crippen molar-refractivity contribution in [2.24, 2.45) is 5.10 Å². The van der Waals surface area contributed by atoms with Crippen LogP contribution in [-0.4, -0.2) is 29.5 Å². The Bertz CT molecular complexity index is 394. The molecule has 1 aliphatic heterocycles. The Balaban J connectivity index is 2.42. The molecule has 0 unspecified atom stereocenters. The Hall–Kier alpha value is -1.49. The maximum absolute atomic E-state index is 11.3. The van der Waals surface area contributed by atoms with Crippen LogP contribution in [0, 0.1) is 0 Å². The summed E-state index contributed by atoms with van der Waals surface area (Å²) < 4.78 is 0. The largest absolute Gasteiger partial charge is 0.316 e. The van der Waals surface area contributed by atoms with Gasteiger partial charge < -0.3 is 0 Å². The van der Waals surface area contributed by atoms with Crippen LogP contribution in [0.3, 0.4) is 0 Å². The molecule has 1 amide bonds. The number of amides is 1. The molecule has 0 fully saturated rings. The maximum atomic E-state index is 11.3. The Morgan fingerprint density at radius 1 is 1.46 bits per heavy atom. The fourth-order valence-electron chi connectivity index (χ4n) is 1.06. The van der Waals surface area contributed by atoms with E-state index in [9.17, 15) is 9.59 Å². The number of likely N-dealkylation sites (N-methyl/N-ethyl adjacent to an activating group) is 1. The summed E-state index contributed by atoms with van der Waals surface area (Å²) in [6.07, 6.45) is 0. The van der Waals surface area contributed by atoms with Gasteiger partial charge in [-0.1, -0.05) is 6.07 Å². The van der Waals surface area contributed by atoms with Gasteiger partial charge in [-0.25, -0.2) is 5.01 Å². The van der Waals surface area contributed by atoms with Crippen molar-refractivity contribution in [3.8, 4) is 0 Å². The van der Waals surface area contributed by atoms with Gasteiger partial charge in [-0.15, -0.1) is 11.3 Å². The summed E-state index contributed by atoms with van der Waals surface area (Å²) in [5.41, 5.74) is 0.252. The van der Waals surface area contributed by atoms with Crippen LogP contribution in [-0.2, 0) is 9.59 Å². The molecule has 2 rings (SSSR count).